The van der Waals surface area contributed by atoms with Crippen molar-refractivity contribution in [3.8, 4) is 0 Å². The van der Waals surface area contributed by atoms with Crippen molar-refractivity contribution in [1.29, 1.82) is 0 Å². The summed E-state index contributed by atoms with van der Waals surface area (Å²) in [5.41, 5.74) is 0. The summed E-state index contributed by atoms with van der Waals surface area (Å²) in [6.07, 6.45) is 1.22. The van der Waals surface area contributed by atoms with Gasteiger partial charge in [-0.05, 0) is 12.1 Å². The standard InChI is InChI=1S/C15H15BrN2O3/c1-20-15(19)13-9-18(7-8-21-13)14-11-3-2-4-12(16)10(11)5-6-17-14/h2-6,13H,7-9H2,1H3. The fourth-order valence-electron chi connectivity index (χ4n) is 2.52. The molecule has 0 bridgehead atoms. The lowest BCUT2D eigenvalue weighted by molar-refractivity contribution is -0.154. The highest BCUT2D eigenvalue weighted by molar-refractivity contribution is 9.10. The molecule has 0 saturated carbocycles. The Kier molecular flexibility index (Phi) is 4.07. The zero-order chi connectivity index (χ0) is 14.8. The van der Waals surface area contributed by atoms with Crippen LogP contribution in [-0.2, 0) is 14.3 Å². The van der Waals surface area contributed by atoms with Crippen molar-refractivity contribution in [2.75, 3.05) is 31.7 Å². The molecule has 1 aromatic heterocycles. The van der Waals surface area contributed by atoms with E-state index < -0.39 is 6.10 Å². The van der Waals surface area contributed by atoms with Crippen LogP contribution in [0.25, 0.3) is 10.8 Å². The second-order valence-corrected chi connectivity index (χ2v) is 5.65. The van der Waals surface area contributed by atoms with E-state index in [1.165, 1.54) is 7.11 Å². The second-order valence-electron chi connectivity index (χ2n) is 4.80. The van der Waals surface area contributed by atoms with E-state index in [9.17, 15) is 4.79 Å². The number of aromatic nitrogens is 1. The maximum atomic E-state index is 11.7. The number of carbonyl (C=O) groups excluding carboxylic acids is 1. The van der Waals surface area contributed by atoms with Crippen molar-refractivity contribution >= 4 is 38.5 Å². The minimum Gasteiger partial charge on any atom is -0.467 e. The molecule has 0 aliphatic carbocycles. The van der Waals surface area contributed by atoms with Crippen molar-refractivity contribution in [2.45, 2.75) is 6.10 Å². The molecule has 21 heavy (non-hydrogen) atoms. The van der Waals surface area contributed by atoms with Gasteiger partial charge in [-0.15, -0.1) is 0 Å². The average Bonchev–Trinajstić information content (AvgIpc) is 2.54. The van der Waals surface area contributed by atoms with E-state index in [-0.39, 0.29) is 5.97 Å². The molecule has 0 spiro atoms. The number of pyridine rings is 1. The van der Waals surface area contributed by atoms with Crippen LogP contribution in [0.2, 0.25) is 0 Å². The molecule has 6 heteroatoms. The summed E-state index contributed by atoms with van der Waals surface area (Å²) >= 11 is 3.56. The van der Waals surface area contributed by atoms with E-state index in [2.05, 4.69) is 25.8 Å². The summed E-state index contributed by atoms with van der Waals surface area (Å²) in [6, 6.07) is 7.99. The topological polar surface area (TPSA) is 51.7 Å². The van der Waals surface area contributed by atoms with Gasteiger partial charge in [-0.2, -0.15) is 0 Å². The number of ether oxygens (including phenoxy) is 2. The summed E-state index contributed by atoms with van der Waals surface area (Å²) in [7, 11) is 1.37. The number of anilines is 1. The van der Waals surface area contributed by atoms with Gasteiger partial charge in [0.15, 0.2) is 6.10 Å². The number of hydrogen-bond acceptors (Lipinski definition) is 5. The summed E-state index contributed by atoms with van der Waals surface area (Å²) in [5.74, 6) is 0.520. The fourth-order valence-corrected chi connectivity index (χ4v) is 3.02. The van der Waals surface area contributed by atoms with Gasteiger partial charge in [-0.25, -0.2) is 9.78 Å². The van der Waals surface area contributed by atoms with Crippen LogP contribution in [0, 0.1) is 0 Å². The highest BCUT2D eigenvalue weighted by atomic mass is 79.9. The van der Waals surface area contributed by atoms with E-state index in [0.29, 0.717) is 19.7 Å². The van der Waals surface area contributed by atoms with E-state index in [0.717, 1.165) is 21.1 Å². The van der Waals surface area contributed by atoms with Crippen molar-refractivity contribution in [2.24, 2.45) is 0 Å². The average molecular weight is 351 g/mol. The van der Waals surface area contributed by atoms with E-state index in [4.69, 9.17) is 9.47 Å². The first-order valence-electron chi connectivity index (χ1n) is 6.68. The van der Waals surface area contributed by atoms with Crippen LogP contribution in [0.3, 0.4) is 0 Å². The molecule has 0 radical (unpaired) electrons. The van der Waals surface area contributed by atoms with Gasteiger partial charge in [-0.1, -0.05) is 28.1 Å². The Morgan fingerprint density at radius 2 is 2.29 bits per heavy atom. The third-order valence-corrected chi connectivity index (χ3v) is 4.25. The van der Waals surface area contributed by atoms with Gasteiger partial charge in [0, 0.05) is 28.0 Å². The zero-order valence-electron chi connectivity index (χ0n) is 11.6. The van der Waals surface area contributed by atoms with Gasteiger partial charge in [-0.3, -0.25) is 0 Å². The van der Waals surface area contributed by atoms with Crippen molar-refractivity contribution in [3.63, 3.8) is 0 Å². The number of morpholine rings is 1. The molecule has 1 aromatic carbocycles. The van der Waals surface area contributed by atoms with Crippen LogP contribution < -0.4 is 4.90 Å². The van der Waals surface area contributed by atoms with Gasteiger partial charge < -0.3 is 14.4 Å². The van der Waals surface area contributed by atoms with Gasteiger partial charge in [0.1, 0.15) is 5.82 Å². The molecular formula is C15H15BrN2O3. The predicted molar refractivity (Wildman–Crippen MR) is 83.4 cm³/mol. The quantitative estimate of drug-likeness (QED) is 0.778. The fraction of sp³-hybridized carbons (Fsp3) is 0.333. The third-order valence-electron chi connectivity index (χ3n) is 3.56. The molecule has 1 saturated heterocycles. The molecule has 1 fully saturated rings. The molecule has 2 aromatic rings. The smallest absolute Gasteiger partial charge is 0.336 e. The molecule has 110 valence electrons. The van der Waals surface area contributed by atoms with Crippen LogP contribution in [0.1, 0.15) is 0 Å². The molecule has 1 atom stereocenters. The molecule has 3 rings (SSSR count). The van der Waals surface area contributed by atoms with Gasteiger partial charge in [0.2, 0.25) is 0 Å². The molecular weight excluding hydrogens is 336 g/mol. The number of esters is 1. The predicted octanol–water partition coefficient (Wildman–Crippen LogP) is 2.38. The molecule has 1 aliphatic rings. The Balaban J connectivity index is 1.97. The SMILES string of the molecule is COC(=O)C1CN(c2nccc3c(Br)cccc23)CCO1. The number of rotatable bonds is 2. The Hall–Kier alpha value is -1.66. The summed E-state index contributed by atoms with van der Waals surface area (Å²) in [4.78, 5) is 18.2. The lowest BCUT2D eigenvalue weighted by atomic mass is 10.1. The maximum absolute atomic E-state index is 11.7. The number of carbonyl (C=O) groups is 1. The van der Waals surface area contributed by atoms with E-state index >= 15 is 0 Å². The molecule has 0 N–H and O–H groups in total. The van der Waals surface area contributed by atoms with Crippen LogP contribution in [0.5, 0.6) is 0 Å². The molecule has 1 unspecified atom stereocenters. The van der Waals surface area contributed by atoms with Crippen LogP contribution in [-0.4, -0.2) is 43.9 Å². The molecule has 2 heterocycles. The Morgan fingerprint density at radius 1 is 1.43 bits per heavy atom. The normalized spacial score (nSPS) is 18.8. The molecule has 1 aliphatic heterocycles. The van der Waals surface area contributed by atoms with Crippen LogP contribution in [0.15, 0.2) is 34.9 Å². The first-order chi connectivity index (χ1) is 10.2. The molecule has 0 amide bonds. The minimum atomic E-state index is -0.562. The Morgan fingerprint density at radius 3 is 3.10 bits per heavy atom. The van der Waals surface area contributed by atoms with Crippen molar-refractivity contribution in [1.82, 2.24) is 4.98 Å². The summed E-state index contributed by atoms with van der Waals surface area (Å²) in [6.45, 7) is 1.63. The van der Waals surface area contributed by atoms with Crippen molar-refractivity contribution in [3.05, 3.63) is 34.9 Å². The Labute approximate surface area is 131 Å². The lowest BCUT2D eigenvalue weighted by Gasteiger charge is -2.32. The van der Waals surface area contributed by atoms with E-state index in [1.54, 1.807) is 6.20 Å². The largest absolute Gasteiger partial charge is 0.467 e. The first kappa shape index (κ1) is 14.3. The minimum absolute atomic E-state index is 0.346. The molecule has 5 nitrogen and oxygen atoms in total. The van der Waals surface area contributed by atoms with Crippen LogP contribution in [0.4, 0.5) is 5.82 Å². The zero-order valence-corrected chi connectivity index (χ0v) is 13.2. The number of fused-ring (bicyclic) bond motifs is 1. The number of nitrogens with zero attached hydrogens (tertiary/aromatic N) is 2. The highest BCUT2D eigenvalue weighted by Gasteiger charge is 2.28. The third kappa shape index (κ3) is 2.73. The maximum Gasteiger partial charge on any atom is 0.336 e. The lowest BCUT2D eigenvalue weighted by Crippen LogP contribution is -2.47. The number of methoxy groups -OCH3 is 1. The summed E-state index contributed by atoms with van der Waals surface area (Å²) < 4.78 is 11.3. The van der Waals surface area contributed by atoms with Crippen LogP contribution >= 0.6 is 15.9 Å². The van der Waals surface area contributed by atoms with Gasteiger partial charge >= 0.3 is 5.97 Å². The number of benzene rings is 1. The van der Waals surface area contributed by atoms with Gasteiger partial charge in [0.05, 0.1) is 20.3 Å². The second kappa shape index (κ2) is 5.99. The number of hydrogen-bond donors (Lipinski definition) is 0. The summed E-state index contributed by atoms with van der Waals surface area (Å²) in [5, 5.41) is 2.15. The highest BCUT2D eigenvalue weighted by Crippen LogP contribution is 2.30. The monoisotopic (exact) mass is 350 g/mol. The Bertz CT molecular complexity index is 677. The first-order valence-corrected chi connectivity index (χ1v) is 7.47. The van der Waals surface area contributed by atoms with Gasteiger partial charge in [0.25, 0.3) is 0 Å². The van der Waals surface area contributed by atoms with E-state index in [1.807, 2.05) is 24.3 Å². The number of halogens is 1. The van der Waals surface area contributed by atoms with Crippen molar-refractivity contribution < 1.29 is 14.3 Å².